The van der Waals surface area contributed by atoms with Crippen LogP contribution >= 0.6 is 0 Å². The molecule has 0 amide bonds. The molecule has 2 aliphatic rings. The molecule has 2 aliphatic carbocycles. The Morgan fingerprint density at radius 3 is 2.32 bits per heavy atom. The SMILES string of the molecule is CCC1CCC(C(=O)OC2CCC(F)C(F)C2)CC1. The van der Waals surface area contributed by atoms with Crippen LogP contribution in [-0.4, -0.2) is 24.4 Å². The molecule has 0 aliphatic heterocycles. The van der Waals surface area contributed by atoms with E-state index in [9.17, 15) is 13.6 Å². The monoisotopic (exact) mass is 274 g/mol. The van der Waals surface area contributed by atoms with Crippen molar-refractivity contribution < 1.29 is 18.3 Å². The van der Waals surface area contributed by atoms with Gasteiger partial charge in [-0.15, -0.1) is 0 Å². The Balaban J connectivity index is 1.75. The minimum absolute atomic E-state index is 0.0241. The van der Waals surface area contributed by atoms with Crippen LogP contribution in [0.3, 0.4) is 0 Å². The maximum atomic E-state index is 13.3. The average Bonchev–Trinajstić information content (AvgIpc) is 2.43. The number of hydrogen-bond donors (Lipinski definition) is 0. The predicted octanol–water partition coefficient (Wildman–Crippen LogP) is 3.97. The van der Waals surface area contributed by atoms with Crippen molar-refractivity contribution in [1.82, 2.24) is 0 Å². The highest BCUT2D eigenvalue weighted by Gasteiger charge is 2.34. The Hall–Kier alpha value is -0.670. The van der Waals surface area contributed by atoms with E-state index >= 15 is 0 Å². The van der Waals surface area contributed by atoms with E-state index < -0.39 is 18.4 Å². The average molecular weight is 274 g/mol. The zero-order valence-electron chi connectivity index (χ0n) is 11.6. The number of carbonyl (C=O) groups excluding carboxylic acids is 1. The lowest BCUT2D eigenvalue weighted by atomic mass is 9.81. The van der Waals surface area contributed by atoms with Gasteiger partial charge in [-0.2, -0.15) is 0 Å². The first-order chi connectivity index (χ1) is 9.10. The largest absolute Gasteiger partial charge is 0.462 e. The number of carbonyl (C=O) groups is 1. The summed E-state index contributed by atoms with van der Waals surface area (Å²) in [6.45, 7) is 2.18. The number of alkyl halides is 2. The van der Waals surface area contributed by atoms with Gasteiger partial charge in [0.1, 0.15) is 18.4 Å². The third kappa shape index (κ3) is 3.90. The Morgan fingerprint density at radius 1 is 1.05 bits per heavy atom. The van der Waals surface area contributed by atoms with Gasteiger partial charge in [0.05, 0.1) is 5.92 Å². The highest BCUT2D eigenvalue weighted by Crippen LogP contribution is 2.33. The van der Waals surface area contributed by atoms with Crippen molar-refractivity contribution in [2.75, 3.05) is 0 Å². The second-order valence-corrected chi connectivity index (χ2v) is 6.03. The highest BCUT2D eigenvalue weighted by atomic mass is 19.2. The van der Waals surface area contributed by atoms with Crippen LogP contribution in [0.1, 0.15) is 58.3 Å². The van der Waals surface area contributed by atoms with E-state index in [1.807, 2.05) is 0 Å². The van der Waals surface area contributed by atoms with E-state index in [-0.39, 0.29) is 24.7 Å². The quantitative estimate of drug-likeness (QED) is 0.728. The fraction of sp³-hybridized carbons (Fsp3) is 0.933. The van der Waals surface area contributed by atoms with E-state index in [1.165, 1.54) is 6.42 Å². The minimum atomic E-state index is -1.47. The van der Waals surface area contributed by atoms with Crippen LogP contribution in [0.25, 0.3) is 0 Å². The third-order valence-corrected chi connectivity index (χ3v) is 4.69. The highest BCUT2D eigenvalue weighted by molar-refractivity contribution is 5.72. The number of esters is 1. The molecule has 2 fully saturated rings. The first-order valence-electron chi connectivity index (χ1n) is 7.58. The summed E-state index contributed by atoms with van der Waals surface area (Å²) in [5.74, 6) is 0.522. The van der Waals surface area contributed by atoms with Crippen LogP contribution in [0.5, 0.6) is 0 Å². The van der Waals surface area contributed by atoms with Gasteiger partial charge in [-0.25, -0.2) is 8.78 Å². The summed E-state index contributed by atoms with van der Waals surface area (Å²) in [5.41, 5.74) is 0. The van der Waals surface area contributed by atoms with Gasteiger partial charge in [-0.05, 0) is 44.4 Å². The van der Waals surface area contributed by atoms with Crippen LogP contribution in [0.4, 0.5) is 8.78 Å². The predicted molar refractivity (Wildman–Crippen MR) is 69.3 cm³/mol. The summed E-state index contributed by atoms with van der Waals surface area (Å²) < 4.78 is 31.6. The third-order valence-electron chi connectivity index (χ3n) is 4.69. The topological polar surface area (TPSA) is 26.3 Å². The van der Waals surface area contributed by atoms with Crippen LogP contribution in [0.15, 0.2) is 0 Å². The Kier molecular flexibility index (Phi) is 5.17. The molecule has 0 N–H and O–H groups in total. The van der Waals surface area contributed by atoms with E-state index in [0.717, 1.165) is 31.6 Å². The fourth-order valence-electron chi connectivity index (χ4n) is 3.22. The molecule has 3 unspecified atom stereocenters. The lowest BCUT2D eigenvalue weighted by molar-refractivity contribution is -0.159. The molecule has 2 nitrogen and oxygen atoms in total. The van der Waals surface area contributed by atoms with Crippen LogP contribution in [0.2, 0.25) is 0 Å². The van der Waals surface area contributed by atoms with Crippen molar-refractivity contribution >= 4 is 5.97 Å². The summed E-state index contributed by atoms with van der Waals surface area (Å²) in [7, 11) is 0. The zero-order chi connectivity index (χ0) is 13.8. The van der Waals surface area contributed by atoms with Crippen LogP contribution in [0, 0.1) is 11.8 Å². The summed E-state index contributed by atoms with van der Waals surface area (Å²) in [6.07, 6.45) is 2.49. The van der Waals surface area contributed by atoms with Crippen molar-refractivity contribution in [3.05, 3.63) is 0 Å². The second kappa shape index (κ2) is 6.67. The summed E-state index contributed by atoms with van der Waals surface area (Å²) in [5, 5.41) is 0. The van der Waals surface area contributed by atoms with E-state index in [1.54, 1.807) is 0 Å². The molecule has 19 heavy (non-hydrogen) atoms. The van der Waals surface area contributed by atoms with Crippen molar-refractivity contribution in [2.45, 2.75) is 76.7 Å². The molecule has 2 saturated carbocycles. The molecule has 0 bridgehead atoms. The molecule has 0 aromatic carbocycles. The molecular weight excluding hydrogens is 250 g/mol. The Morgan fingerprint density at radius 2 is 1.74 bits per heavy atom. The molecule has 0 heterocycles. The van der Waals surface area contributed by atoms with Crippen molar-refractivity contribution in [3.8, 4) is 0 Å². The number of rotatable bonds is 3. The summed E-state index contributed by atoms with van der Waals surface area (Å²) in [4.78, 5) is 12.0. The molecule has 0 spiro atoms. The minimum Gasteiger partial charge on any atom is -0.462 e. The van der Waals surface area contributed by atoms with Crippen molar-refractivity contribution in [1.29, 1.82) is 0 Å². The van der Waals surface area contributed by atoms with Gasteiger partial charge in [0.2, 0.25) is 0 Å². The maximum absolute atomic E-state index is 13.3. The van der Waals surface area contributed by atoms with Gasteiger partial charge in [-0.1, -0.05) is 13.3 Å². The second-order valence-electron chi connectivity index (χ2n) is 6.03. The lowest BCUT2D eigenvalue weighted by Gasteiger charge is -2.30. The Labute approximate surface area is 113 Å². The first-order valence-corrected chi connectivity index (χ1v) is 7.58. The summed E-state index contributed by atoms with van der Waals surface area (Å²) in [6, 6.07) is 0. The standard InChI is InChI=1S/C15H24F2O2/c1-2-10-3-5-11(6-4-10)15(18)19-12-7-8-13(16)14(17)9-12/h10-14H,2-9H2,1H3. The van der Waals surface area contributed by atoms with Gasteiger partial charge >= 0.3 is 5.97 Å². The van der Waals surface area contributed by atoms with Gasteiger partial charge in [-0.3, -0.25) is 4.79 Å². The number of ether oxygens (including phenoxy) is 1. The molecule has 0 radical (unpaired) electrons. The van der Waals surface area contributed by atoms with Gasteiger partial charge in [0.25, 0.3) is 0 Å². The molecule has 110 valence electrons. The molecule has 4 heteroatoms. The fourth-order valence-corrected chi connectivity index (χ4v) is 3.22. The van der Waals surface area contributed by atoms with E-state index in [0.29, 0.717) is 6.42 Å². The zero-order valence-corrected chi connectivity index (χ0v) is 11.6. The number of halogens is 2. The molecular formula is C15H24F2O2. The van der Waals surface area contributed by atoms with Gasteiger partial charge in [0.15, 0.2) is 0 Å². The Bertz CT molecular complexity index is 301. The van der Waals surface area contributed by atoms with Crippen molar-refractivity contribution in [3.63, 3.8) is 0 Å². The molecule has 3 atom stereocenters. The molecule has 2 rings (SSSR count). The molecule has 0 aromatic heterocycles. The number of hydrogen-bond acceptors (Lipinski definition) is 2. The lowest BCUT2D eigenvalue weighted by Crippen LogP contribution is -2.35. The van der Waals surface area contributed by atoms with Gasteiger partial charge in [0, 0.05) is 6.42 Å². The smallest absolute Gasteiger partial charge is 0.309 e. The van der Waals surface area contributed by atoms with E-state index in [2.05, 4.69) is 6.92 Å². The van der Waals surface area contributed by atoms with Crippen LogP contribution < -0.4 is 0 Å². The normalized spacial score (nSPS) is 39.8. The molecule has 0 saturated heterocycles. The molecule has 0 aromatic rings. The van der Waals surface area contributed by atoms with Crippen molar-refractivity contribution in [2.24, 2.45) is 11.8 Å². The summed E-state index contributed by atoms with van der Waals surface area (Å²) >= 11 is 0. The van der Waals surface area contributed by atoms with Gasteiger partial charge < -0.3 is 4.74 Å². The first kappa shape index (κ1) is 14.7. The van der Waals surface area contributed by atoms with E-state index in [4.69, 9.17) is 4.74 Å². The maximum Gasteiger partial charge on any atom is 0.309 e. The van der Waals surface area contributed by atoms with Crippen LogP contribution in [-0.2, 0) is 9.53 Å².